The third-order valence-electron chi connectivity index (χ3n) is 6.90. The molecule has 4 heterocycles. The van der Waals surface area contributed by atoms with Gasteiger partial charge in [-0.3, -0.25) is 0 Å². The number of aromatic nitrogens is 4. The largest absolute Gasteiger partial charge is 0.465 e. The Bertz CT molecular complexity index is 1200. The van der Waals surface area contributed by atoms with Crippen molar-refractivity contribution < 1.29 is 22.7 Å². The maximum absolute atomic E-state index is 14.6. The summed E-state index contributed by atoms with van der Waals surface area (Å²) in [5.41, 5.74) is 0.750. The van der Waals surface area contributed by atoms with Crippen molar-refractivity contribution in [1.29, 1.82) is 0 Å². The van der Waals surface area contributed by atoms with Crippen LogP contribution in [0.25, 0.3) is 11.4 Å². The Kier molecular flexibility index (Phi) is 7.79. The van der Waals surface area contributed by atoms with E-state index in [1.807, 2.05) is 25.3 Å². The number of halogens is 1. The van der Waals surface area contributed by atoms with Gasteiger partial charge in [0.2, 0.25) is 16.0 Å². The van der Waals surface area contributed by atoms with Crippen LogP contribution in [0.3, 0.4) is 0 Å². The maximum Gasteiger partial charge on any atom is 0.407 e. The molecule has 4 rings (SSSR count). The van der Waals surface area contributed by atoms with Gasteiger partial charge in [0.25, 0.3) is 0 Å². The highest BCUT2D eigenvalue weighted by molar-refractivity contribution is 7.89. The summed E-state index contributed by atoms with van der Waals surface area (Å²) in [6, 6.07) is 0.0315. The van der Waals surface area contributed by atoms with E-state index in [1.54, 1.807) is 6.20 Å². The predicted molar refractivity (Wildman–Crippen MR) is 133 cm³/mol. The normalized spacial score (nSPS) is 20.1. The van der Waals surface area contributed by atoms with Crippen LogP contribution in [0.15, 0.2) is 12.4 Å². The van der Waals surface area contributed by atoms with E-state index < -0.39 is 21.9 Å². The number of sulfonamides is 1. The van der Waals surface area contributed by atoms with Crippen LogP contribution in [0.4, 0.5) is 15.1 Å². The van der Waals surface area contributed by atoms with E-state index in [4.69, 9.17) is 0 Å². The van der Waals surface area contributed by atoms with Crippen LogP contribution in [-0.2, 0) is 10.0 Å². The molecule has 36 heavy (non-hydrogen) atoms. The van der Waals surface area contributed by atoms with Gasteiger partial charge >= 0.3 is 6.09 Å². The standard InChI is InChI=1S/C23H34FN7O4S/c1-15(2)31-16(3)25-12-20(31)21-19(24)11-26-22(28-21)27-18-6-9-30(10-7-18)36(34,35)14-17-5-4-8-29(13-17)23(32)33/h11-12,15,17-18H,4-10,13-14H2,1-3H3,(H,32,33)(H,26,27,28). The van der Waals surface area contributed by atoms with Crippen LogP contribution in [0.5, 0.6) is 0 Å². The Morgan fingerprint density at radius 3 is 2.58 bits per heavy atom. The van der Waals surface area contributed by atoms with Crippen LogP contribution >= 0.6 is 0 Å². The lowest BCUT2D eigenvalue weighted by Crippen LogP contribution is -2.46. The van der Waals surface area contributed by atoms with E-state index in [9.17, 15) is 22.7 Å². The van der Waals surface area contributed by atoms with Gasteiger partial charge in [-0.05, 0) is 52.4 Å². The zero-order valence-electron chi connectivity index (χ0n) is 20.9. The minimum Gasteiger partial charge on any atom is -0.465 e. The number of hydrogen-bond acceptors (Lipinski definition) is 7. The van der Waals surface area contributed by atoms with Crippen molar-refractivity contribution in [2.75, 3.05) is 37.2 Å². The van der Waals surface area contributed by atoms with Gasteiger partial charge < -0.3 is 19.9 Å². The molecule has 2 aromatic heterocycles. The third kappa shape index (κ3) is 5.77. The number of imidazole rings is 1. The van der Waals surface area contributed by atoms with Crippen molar-refractivity contribution in [3.05, 3.63) is 24.0 Å². The number of anilines is 1. The molecular weight excluding hydrogens is 489 g/mol. The first-order valence-electron chi connectivity index (χ1n) is 12.3. The second-order valence-corrected chi connectivity index (χ2v) is 11.9. The Morgan fingerprint density at radius 2 is 1.92 bits per heavy atom. The zero-order chi connectivity index (χ0) is 26.0. The highest BCUT2D eigenvalue weighted by atomic mass is 32.2. The molecule has 0 aliphatic carbocycles. The molecule has 2 saturated heterocycles. The van der Waals surface area contributed by atoms with Gasteiger partial charge in [-0.2, -0.15) is 0 Å². The number of rotatable bonds is 7. The maximum atomic E-state index is 14.6. The number of carbonyl (C=O) groups is 1. The van der Waals surface area contributed by atoms with E-state index in [0.29, 0.717) is 51.0 Å². The van der Waals surface area contributed by atoms with Crippen LogP contribution in [-0.4, -0.2) is 86.3 Å². The molecule has 0 radical (unpaired) electrons. The summed E-state index contributed by atoms with van der Waals surface area (Å²) in [7, 11) is -3.49. The molecule has 2 aliphatic heterocycles. The number of piperidine rings is 2. The van der Waals surface area contributed by atoms with Crippen molar-refractivity contribution >= 4 is 22.1 Å². The SMILES string of the molecule is Cc1ncc(-c2nc(NC3CCN(S(=O)(=O)CC4CCCN(C(=O)O)C4)CC3)ncc2F)n1C(C)C. The highest BCUT2D eigenvalue weighted by Crippen LogP contribution is 2.27. The predicted octanol–water partition coefficient (Wildman–Crippen LogP) is 2.96. The molecule has 1 atom stereocenters. The first kappa shape index (κ1) is 26.3. The molecule has 13 heteroatoms. The topological polar surface area (TPSA) is 134 Å². The molecule has 1 unspecified atom stereocenters. The molecule has 0 aromatic carbocycles. The van der Waals surface area contributed by atoms with Crippen molar-refractivity contribution in [2.24, 2.45) is 5.92 Å². The summed E-state index contributed by atoms with van der Waals surface area (Å²) >= 11 is 0. The van der Waals surface area contributed by atoms with Crippen molar-refractivity contribution in [2.45, 2.75) is 58.5 Å². The lowest BCUT2D eigenvalue weighted by Gasteiger charge is -2.34. The molecule has 0 spiro atoms. The van der Waals surface area contributed by atoms with E-state index >= 15 is 0 Å². The van der Waals surface area contributed by atoms with Gasteiger partial charge in [-0.25, -0.2) is 36.9 Å². The smallest absolute Gasteiger partial charge is 0.407 e. The average molecular weight is 524 g/mol. The third-order valence-corrected chi connectivity index (χ3v) is 8.95. The fourth-order valence-electron chi connectivity index (χ4n) is 5.14. The van der Waals surface area contributed by atoms with Crippen molar-refractivity contribution in [3.63, 3.8) is 0 Å². The fraction of sp³-hybridized carbons (Fsp3) is 0.652. The zero-order valence-corrected chi connectivity index (χ0v) is 21.7. The van der Waals surface area contributed by atoms with E-state index in [-0.39, 0.29) is 41.9 Å². The monoisotopic (exact) mass is 523 g/mol. The van der Waals surface area contributed by atoms with Crippen LogP contribution in [0.1, 0.15) is 51.4 Å². The fourth-order valence-corrected chi connectivity index (χ4v) is 6.98. The van der Waals surface area contributed by atoms with Crippen molar-refractivity contribution in [3.8, 4) is 11.4 Å². The summed E-state index contributed by atoms with van der Waals surface area (Å²) in [6.45, 7) is 7.26. The number of carboxylic acid groups (broad SMARTS) is 1. The minimum absolute atomic E-state index is 0.0394. The van der Waals surface area contributed by atoms with Crippen molar-refractivity contribution in [1.82, 2.24) is 28.7 Å². The quantitative estimate of drug-likeness (QED) is 0.566. The molecule has 1 amide bonds. The average Bonchev–Trinajstić information content (AvgIpc) is 3.22. The number of aryl methyl sites for hydroxylation is 1. The Balaban J connectivity index is 1.37. The number of nitrogens with zero attached hydrogens (tertiary/aromatic N) is 6. The number of amides is 1. The van der Waals surface area contributed by atoms with Crippen LogP contribution in [0.2, 0.25) is 0 Å². The van der Waals surface area contributed by atoms with E-state index in [1.165, 1.54) is 9.21 Å². The first-order chi connectivity index (χ1) is 17.0. The minimum atomic E-state index is -3.49. The summed E-state index contributed by atoms with van der Waals surface area (Å²) in [5.74, 6) is 0.294. The molecule has 0 bridgehead atoms. The summed E-state index contributed by atoms with van der Waals surface area (Å²) in [6.07, 6.45) is 4.25. The van der Waals surface area contributed by atoms with Gasteiger partial charge in [-0.1, -0.05) is 0 Å². The summed E-state index contributed by atoms with van der Waals surface area (Å²) in [5, 5.41) is 12.4. The molecule has 2 aliphatic rings. The van der Waals surface area contributed by atoms with E-state index in [0.717, 1.165) is 12.0 Å². The Labute approximate surface area is 210 Å². The van der Waals surface area contributed by atoms with Crippen LogP contribution < -0.4 is 5.32 Å². The van der Waals surface area contributed by atoms with Gasteiger partial charge in [-0.15, -0.1) is 0 Å². The second-order valence-electron chi connectivity index (χ2n) is 9.88. The Hall–Kier alpha value is -2.80. The summed E-state index contributed by atoms with van der Waals surface area (Å²) < 4.78 is 44.0. The molecule has 2 fully saturated rings. The molecule has 198 valence electrons. The van der Waals surface area contributed by atoms with Crippen LogP contribution in [0, 0.1) is 18.7 Å². The number of nitrogens with one attached hydrogen (secondary N) is 1. The molecule has 2 N–H and O–H groups in total. The van der Waals surface area contributed by atoms with Gasteiger partial charge in [0.1, 0.15) is 11.5 Å². The van der Waals surface area contributed by atoms with Gasteiger partial charge in [0, 0.05) is 38.3 Å². The lowest BCUT2D eigenvalue weighted by atomic mass is 10.0. The van der Waals surface area contributed by atoms with Gasteiger partial charge in [0.15, 0.2) is 5.82 Å². The van der Waals surface area contributed by atoms with E-state index in [2.05, 4.69) is 20.3 Å². The van der Waals surface area contributed by atoms with Gasteiger partial charge in [0.05, 0.1) is 23.8 Å². The Morgan fingerprint density at radius 1 is 1.19 bits per heavy atom. The number of hydrogen-bond donors (Lipinski definition) is 2. The molecular formula is C23H34FN7O4S. The highest BCUT2D eigenvalue weighted by Gasteiger charge is 2.33. The number of likely N-dealkylation sites (tertiary alicyclic amines) is 1. The molecule has 0 saturated carbocycles. The lowest BCUT2D eigenvalue weighted by molar-refractivity contribution is 0.123. The second kappa shape index (κ2) is 10.7. The molecule has 2 aromatic rings. The first-order valence-corrected chi connectivity index (χ1v) is 13.9. The summed E-state index contributed by atoms with van der Waals surface area (Å²) in [4.78, 5) is 25.4. The molecule has 11 nitrogen and oxygen atoms in total.